The van der Waals surface area contributed by atoms with Crippen molar-refractivity contribution in [3.63, 3.8) is 0 Å². The average Bonchev–Trinajstić information content (AvgIpc) is 3.04. The van der Waals surface area contributed by atoms with Gasteiger partial charge in [0.25, 0.3) is 0 Å². The summed E-state index contributed by atoms with van der Waals surface area (Å²) >= 11 is 0. The molecule has 0 aromatic carbocycles. The number of esters is 1. The van der Waals surface area contributed by atoms with Gasteiger partial charge < -0.3 is 4.74 Å². The van der Waals surface area contributed by atoms with E-state index in [1.54, 1.807) is 7.11 Å². The topological polar surface area (TPSA) is 26.3 Å². The van der Waals surface area contributed by atoms with Gasteiger partial charge in [0.05, 0.1) is 13.0 Å². The minimum atomic E-state index is 0.0186. The third kappa shape index (κ3) is 4.97. The quantitative estimate of drug-likeness (QED) is 0.480. The van der Waals surface area contributed by atoms with E-state index in [0.29, 0.717) is 17.3 Å². The van der Waals surface area contributed by atoms with Crippen LogP contribution in [0.4, 0.5) is 0 Å². The van der Waals surface area contributed by atoms with Crippen molar-refractivity contribution in [3.05, 3.63) is 0 Å². The summed E-state index contributed by atoms with van der Waals surface area (Å²) in [6.45, 7) is 13.9. The standard InChI is InChI=1S/C21H40O2/c1-8-15(4)14-21(6,10-3)18-12-11-17(13-18)19(16(5)9-2)20(22)23-7/h15-19H,8-14H2,1-7H3/t15-,16?,17-,18+,19-,21?/m1/s1. The molecule has 2 heteroatoms. The maximum atomic E-state index is 12.3. The third-order valence-electron chi connectivity index (χ3n) is 7.02. The lowest BCUT2D eigenvalue weighted by molar-refractivity contribution is -0.149. The highest BCUT2D eigenvalue weighted by Gasteiger charge is 2.43. The fraction of sp³-hybridized carbons (Fsp3) is 0.952. The minimum absolute atomic E-state index is 0.0186. The molecule has 0 radical (unpaired) electrons. The van der Waals surface area contributed by atoms with Gasteiger partial charge in [-0.05, 0) is 54.8 Å². The summed E-state index contributed by atoms with van der Waals surface area (Å²) in [5.74, 6) is 2.62. The van der Waals surface area contributed by atoms with E-state index in [0.717, 1.165) is 18.3 Å². The largest absolute Gasteiger partial charge is 0.469 e. The fourth-order valence-corrected chi connectivity index (χ4v) is 4.80. The summed E-state index contributed by atoms with van der Waals surface area (Å²) in [5.41, 5.74) is 0.431. The van der Waals surface area contributed by atoms with Crippen LogP contribution in [0.2, 0.25) is 0 Å². The molecule has 0 aromatic heterocycles. The molecule has 1 aliphatic carbocycles. The molecule has 0 amide bonds. The van der Waals surface area contributed by atoms with Gasteiger partial charge in [-0.15, -0.1) is 0 Å². The second-order valence-corrected chi connectivity index (χ2v) is 8.43. The van der Waals surface area contributed by atoms with E-state index in [9.17, 15) is 4.79 Å². The summed E-state index contributed by atoms with van der Waals surface area (Å²) in [5, 5.41) is 0. The van der Waals surface area contributed by atoms with Crippen molar-refractivity contribution < 1.29 is 9.53 Å². The number of hydrogen-bond acceptors (Lipinski definition) is 2. The Morgan fingerprint density at radius 2 is 1.83 bits per heavy atom. The maximum Gasteiger partial charge on any atom is 0.309 e. The van der Waals surface area contributed by atoms with Gasteiger partial charge in [-0.3, -0.25) is 4.79 Å². The van der Waals surface area contributed by atoms with Crippen LogP contribution in [0.3, 0.4) is 0 Å². The van der Waals surface area contributed by atoms with Gasteiger partial charge in [0, 0.05) is 0 Å². The summed E-state index contributed by atoms with van der Waals surface area (Å²) in [6, 6.07) is 0. The van der Waals surface area contributed by atoms with Crippen molar-refractivity contribution in [1.29, 1.82) is 0 Å². The monoisotopic (exact) mass is 324 g/mol. The minimum Gasteiger partial charge on any atom is -0.469 e. The molecule has 0 N–H and O–H groups in total. The van der Waals surface area contributed by atoms with Gasteiger partial charge in [0.2, 0.25) is 0 Å². The zero-order valence-corrected chi connectivity index (χ0v) is 16.7. The molecule has 0 spiro atoms. The second-order valence-electron chi connectivity index (χ2n) is 8.43. The molecule has 0 heterocycles. The highest BCUT2D eigenvalue weighted by atomic mass is 16.5. The van der Waals surface area contributed by atoms with E-state index in [4.69, 9.17) is 4.74 Å². The van der Waals surface area contributed by atoms with Crippen LogP contribution in [0.5, 0.6) is 0 Å². The molecule has 0 aromatic rings. The van der Waals surface area contributed by atoms with Crippen LogP contribution in [-0.4, -0.2) is 13.1 Å². The Balaban J connectivity index is 2.83. The number of hydrogen-bond donors (Lipinski definition) is 0. The summed E-state index contributed by atoms with van der Waals surface area (Å²) in [7, 11) is 1.54. The molecule has 0 aliphatic heterocycles. The first-order valence-corrected chi connectivity index (χ1v) is 9.90. The zero-order valence-electron chi connectivity index (χ0n) is 16.7. The molecule has 23 heavy (non-hydrogen) atoms. The molecule has 0 bridgehead atoms. The molecule has 136 valence electrons. The maximum absolute atomic E-state index is 12.3. The Hall–Kier alpha value is -0.530. The van der Waals surface area contributed by atoms with Crippen molar-refractivity contribution in [2.45, 2.75) is 86.5 Å². The molecule has 6 atom stereocenters. The SMILES string of the molecule is CCC(C)[C@@H](C(=O)OC)[C@@H]1CC[C@H](C(C)(CC)C[C@H](C)CC)C1. The average molecular weight is 325 g/mol. The first-order chi connectivity index (χ1) is 10.8. The highest BCUT2D eigenvalue weighted by molar-refractivity contribution is 5.73. The van der Waals surface area contributed by atoms with E-state index in [2.05, 4.69) is 41.5 Å². The number of ether oxygens (including phenoxy) is 1. The van der Waals surface area contributed by atoms with E-state index >= 15 is 0 Å². The van der Waals surface area contributed by atoms with Crippen LogP contribution in [-0.2, 0) is 9.53 Å². The predicted molar refractivity (Wildman–Crippen MR) is 98.3 cm³/mol. The molecule has 0 saturated heterocycles. The zero-order chi connectivity index (χ0) is 17.6. The van der Waals surface area contributed by atoms with Gasteiger partial charge in [0.15, 0.2) is 0 Å². The van der Waals surface area contributed by atoms with Crippen molar-refractivity contribution in [3.8, 4) is 0 Å². The molecule has 2 unspecified atom stereocenters. The van der Waals surface area contributed by atoms with Gasteiger partial charge in [0.1, 0.15) is 0 Å². The van der Waals surface area contributed by atoms with Crippen LogP contribution in [0.15, 0.2) is 0 Å². The predicted octanol–water partition coefficient (Wildman–Crippen LogP) is 6.09. The summed E-state index contributed by atoms with van der Waals surface area (Å²) in [4.78, 5) is 12.3. The first kappa shape index (κ1) is 20.5. The lowest BCUT2D eigenvalue weighted by Crippen LogP contribution is -2.31. The molecule has 1 rings (SSSR count). The molecular weight excluding hydrogens is 284 g/mol. The van der Waals surface area contributed by atoms with Gasteiger partial charge in [-0.25, -0.2) is 0 Å². The van der Waals surface area contributed by atoms with Crippen LogP contribution >= 0.6 is 0 Å². The summed E-state index contributed by atoms with van der Waals surface area (Å²) in [6.07, 6.45) is 8.60. The molecule has 1 aliphatic rings. The van der Waals surface area contributed by atoms with Crippen molar-refractivity contribution in [2.24, 2.45) is 35.0 Å². The second kappa shape index (κ2) is 9.08. The number of rotatable bonds is 9. The smallest absolute Gasteiger partial charge is 0.309 e. The van der Waals surface area contributed by atoms with Gasteiger partial charge >= 0.3 is 5.97 Å². The van der Waals surface area contributed by atoms with E-state index in [1.165, 1.54) is 38.5 Å². The number of methoxy groups -OCH3 is 1. The molecule has 1 saturated carbocycles. The number of carbonyl (C=O) groups excluding carboxylic acids is 1. The lowest BCUT2D eigenvalue weighted by Gasteiger charge is -2.38. The van der Waals surface area contributed by atoms with Crippen LogP contribution in [0.1, 0.15) is 86.5 Å². The fourth-order valence-electron chi connectivity index (χ4n) is 4.80. The van der Waals surface area contributed by atoms with Crippen LogP contribution in [0, 0.1) is 35.0 Å². The Morgan fingerprint density at radius 1 is 1.17 bits per heavy atom. The normalized spacial score (nSPS) is 28.0. The van der Waals surface area contributed by atoms with E-state index < -0.39 is 0 Å². The molecular formula is C21H40O2. The Bertz CT molecular complexity index is 365. The first-order valence-electron chi connectivity index (χ1n) is 9.90. The Morgan fingerprint density at radius 3 is 2.30 bits per heavy atom. The van der Waals surface area contributed by atoms with Crippen molar-refractivity contribution in [2.75, 3.05) is 7.11 Å². The highest BCUT2D eigenvalue weighted by Crippen LogP contribution is 2.51. The van der Waals surface area contributed by atoms with Crippen molar-refractivity contribution in [1.82, 2.24) is 0 Å². The number of carbonyl (C=O) groups is 1. The van der Waals surface area contributed by atoms with Crippen LogP contribution in [0.25, 0.3) is 0 Å². The Kier molecular flexibility index (Phi) is 8.10. The van der Waals surface area contributed by atoms with E-state index in [1.807, 2.05) is 0 Å². The third-order valence-corrected chi connectivity index (χ3v) is 7.02. The van der Waals surface area contributed by atoms with Crippen LogP contribution < -0.4 is 0 Å². The lowest BCUT2D eigenvalue weighted by atomic mass is 9.68. The summed E-state index contributed by atoms with van der Waals surface area (Å²) < 4.78 is 5.14. The van der Waals surface area contributed by atoms with Crippen molar-refractivity contribution >= 4 is 5.97 Å². The molecule has 1 fully saturated rings. The van der Waals surface area contributed by atoms with Gasteiger partial charge in [-0.1, -0.05) is 60.8 Å². The van der Waals surface area contributed by atoms with Gasteiger partial charge in [-0.2, -0.15) is 0 Å². The molecule has 2 nitrogen and oxygen atoms in total. The Labute approximate surface area is 144 Å². The van der Waals surface area contributed by atoms with E-state index in [-0.39, 0.29) is 11.9 Å².